The number of aryl methyl sites for hydroxylation is 1. The maximum absolute atomic E-state index is 6.39. The number of benzene rings is 2. The van der Waals surface area contributed by atoms with Crippen LogP contribution in [0.3, 0.4) is 0 Å². The minimum absolute atomic E-state index is 0.740. The van der Waals surface area contributed by atoms with E-state index in [1.165, 1.54) is 5.56 Å². The highest BCUT2D eigenvalue weighted by Gasteiger charge is 2.12. The van der Waals surface area contributed by atoms with Gasteiger partial charge in [-0.25, -0.2) is 4.98 Å². The van der Waals surface area contributed by atoms with Crippen LogP contribution in [0.15, 0.2) is 48.5 Å². The van der Waals surface area contributed by atoms with Crippen molar-refractivity contribution >= 4 is 22.5 Å². The van der Waals surface area contributed by atoms with Gasteiger partial charge in [0.2, 0.25) is 0 Å². The second-order valence-corrected chi connectivity index (χ2v) is 5.69. The summed E-state index contributed by atoms with van der Waals surface area (Å²) in [6.45, 7) is 0.812. The summed E-state index contributed by atoms with van der Waals surface area (Å²) in [5.41, 5.74) is 4.18. The van der Waals surface area contributed by atoms with E-state index in [0.717, 1.165) is 52.4 Å². The Balaban J connectivity index is 1.86. The fourth-order valence-electron chi connectivity index (χ4n) is 2.80. The van der Waals surface area contributed by atoms with Crippen LogP contribution in [-0.2, 0) is 6.42 Å². The Bertz CT molecular complexity index is 829. The normalized spacial score (nSPS) is 13.8. The van der Waals surface area contributed by atoms with E-state index in [4.69, 9.17) is 21.3 Å². The number of aromatic nitrogens is 1. The van der Waals surface area contributed by atoms with Gasteiger partial charge in [-0.15, -0.1) is 0 Å². The van der Waals surface area contributed by atoms with Crippen LogP contribution in [0, 0.1) is 0 Å². The average molecular weight is 296 g/mol. The van der Waals surface area contributed by atoms with Crippen molar-refractivity contribution in [1.29, 1.82) is 0 Å². The molecule has 0 amide bonds. The van der Waals surface area contributed by atoms with Crippen molar-refractivity contribution in [3.8, 4) is 17.0 Å². The molecule has 0 aliphatic carbocycles. The molecule has 4 rings (SSSR count). The minimum Gasteiger partial charge on any atom is -0.493 e. The van der Waals surface area contributed by atoms with Crippen LogP contribution in [0.4, 0.5) is 0 Å². The van der Waals surface area contributed by atoms with E-state index in [1.54, 1.807) is 0 Å². The highest BCUT2D eigenvalue weighted by atomic mass is 35.5. The number of hydrogen-bond acceptors (Lipinski definition) is 2. The molecule has 0 atom stereocenters. The maximum atomic E-state index is 6.39. The molecule has 21 heavy (non-hydrogen) atoms. The molecular formula is C18H14ClNO. The van der Waals surface area contributed by atoms with Crippen molar-refractivity contribution in [2.45, 2.75) is 12.8 Å². The molecule has 0 bridgehead atoms. The lowest BCUT2D eigenvalue weighted by atomic mass is 10.0. The molecule has 0 N–H and O–H groups in total. The largest absolute Gasteiger partial charge is 0.493 e. The fraction of sp³-hybridized carbons (Fsp3) is 0.167. The van der Waals surface area contributed by atoms with Crippen LogP contribution in [0.25, 0.3) is 22.2 Å². The second kappa shape index (κ2) is 5.05. The van der Waals surface area contributed by atoms with E-state index in [1.807, 2.05) is 36.4 Å². The lowest BCUT2D eigenvalue weighted by molar-refractivity contribution is 0.288. The van der Waals surface area contributed by atoms with Gasteiger partial charge in [-0.3, -0.25) is 0 Å². The van der Waals surface area contributed by atoms with Crippen LogP contribution in [-0.4, -0.2) is 11.6 Å². The van der Waals surface area contributed by atoms with Gasteiger partial charge in [0.05, 0.1) is 22.8 Å². The lowest BCUT2D eigenvalue weighted by Gasteiger charge is -2.18. The van der Waals surface area contributed by atoms with Gasteiger partial charge in [0, 0.05) is 10.9 Å². The summed E-state index contributed by atoms with van der Waals surface area (Å²) in [5, 5.41) is 1.73. The average Bonchev–Trinajstić information content (AvgIpc) is 2.54. The third-order valence-corrected chi connectivity index (χ3v) is 4.18. The molecule has 2 heterocycles. The first-order chi connectivity index (χ1) is 10.3. The Morgan fingerprint density at radius 1 is 1.05 bits per heavy atom. The van der Waals surface area contributed by atoms with Crippen molar-refractivity contribution in [2.75, 3.05) is 6.61 Å². The third kappa shape index (κ3) is 2.26. The zero-order chi connectivity index (χ0) is 14.2. The molecule has 2 aromatic carbocycles. The molecule has 3 aromatic rings. The van der Waals surface area contributed by atoms with Crippen LogP contribution in [0.1, 0.15) is 12.0 Å². The number of pyridine rings is 1. The standard InChI is InChI=1S/C18H14ClNO/c19-15-11-17(20-16-6-2-1-5-14(15)16)12-7-8-18-13(10-12)4-3-9-21-18/h1-2,5-8,10-11H,3-4,9H2. The SMILES string of the molecule is Clc1cc(-c2ccc3c(c2)CCCO3)nc2ccccc12. The molecule has 104 valence electrons. The van der Waals surface area contributed by atoms with Gasteiger partial charge < -0.3 is 4.74 Å². The quantitative estimate of drug-likeness (QED) is 0.638. The fourth-order valence-corrected chi connectivity index (χ4v) is 3.06. The molecule has 1 aliphatic heterocycles. The van der Waals surface area contributed by atoms with Gasteiger partial charge in [-0.2, -0.15) is 0 Å². The lowest BCUT2D eigenvalue weighted by Crippen LogP contribution is -2.08. The molecule has 0 radical (unpaired) electrons. The highest BCUT2D eigenvalue weighted by molar-refractivity contribution is 6.35. The van der Waals surface area contributed by atoms with Crippen LogP contribution < -0.4 is 4.74 Å². The molecule has 0 spiro atoms. The molecule has 0 fully saturated rings. The molecule has 0 unspecified atom stereocenters. The number of halogens is 1. The minimum atomic E-state index is 0.740. The molecule has 1 aromatic heterocycles. The first-order valence-corrected chi connectivity index (χ1v) is 7.50. The van der Waals surface area contributed by atoms with E-state index in [0.29, 0.717) is 0 Å². The number of hydrogen-bond donors (Lipinski definition) is 0. The topological polar surface area (TPSA) is 22.1 Å². The monoisotopic (exact) mass is 295 g/mol. The Morgan fingerprint density at radius 3 is 2.90 bits per heavy atom. The Labute approximate surface area is 128 Å². The van der Waals surface area contributed by atoms with Crippen LogP contribution in [0.2, 0.25) is 5.02 Å². The van der Waals surface area contributed by atoms with Gasteiger partial charge in [-0.05, 0) is 48.7 Å². The van der Waals surface area contributed by atoms with E-state index >= 15 is 0 Å². The van der Waals surface area contributed by atoms with Crippen LogP contribution in [0.5, 0.6) is 5.75 Å². The first kappa shape index (κ1) is 12.7. The van der Waals surface area contributed by atoms with E-state index in [9.17, 15) is 0 Å². The van der Waals surface area contributed by atoms with Gasteiger partial charge >= 0.3 is 0 Å². The van der Waals surface area contributed by atoms with Crippen molar-refractivity contribution in [3.63, 3.8) is 0 Å². The molecule has 3 heteroatoms. The van der Waals surface area contributed by atoms with Crippen molar-refractivity contribution in [2.24, 2.45) is 0 Å². The Hall–Kier alpha value is -2.06. The van der Waals surface area contributed by atoms with Gasteiger partial charge in [-0.1, -0.05) is 29.8 Å². The predicted octanol–water partition coefficient (Wildman–Crippen LogP) is 4.88. The highest BCUT2D eigenvalue weighted by Crippen LogP contribution is 2.32. The smallest absolute Gasteiger partial charge is 0.122 e. The Morgan fingerprint density at radius 2 is 1.95 bits per heavy atom. The maximum Gasteiger partial charge on any atom is 0.122 e. The van der Waals surface area contributed by atoms with Crippen molar-refractivity contribution < 1.29 is 4.74 Å². The predicted molar refractivity (Wildman–Crippen MR) is 86.0 cm³/mol. The summed E-state index contributed by atoms with van der Waals surface area (Å²) in [4.78, 5) is 4.73. The zero-order valence-corrected chi connectivity index (χ0v) is 12.2. The van der Waals surface area contributed by atoms with Gasteiger partial charge in [0.1, 0.15) is 5.75 Å². The zero-order valence-electron chi connectivity index (χ0n) is 11.5. The molecule has 0 saturated heterocycles. The molecule has 0 saturated carbocycles. The van der Waals surface area contributed by atoms with Crippen LogP contribution >= 0.6 is 11.6 Å². The number of rotatable bonds is 1. The van der Waals surface area contributed by atoms with Gasteiger partial charge in [0.15, 0.2) is 0 Å². The summed E-state index contributed by atoms with van der Waals surface area (Å²) in [6.07, 6.45) is 2.13. The summed E-state index contributed by atoms with van der Waals surface area (Å²) < 4.78 is 5.66. The number of fused-ring (bicyclic) bond motifs is 2. The first-order valence-electron chi connectivity index (χ1n) is 7.13. The molecule has 1 aliphatic rings. The number of nitrogens with zero attached hydrogens (tertiary/aromatic N) is 1. The van der Waals surface area contributed by atoms with Crippen molar-refractivity contribution in [1.82, 2.24) is 4.98 Å². The molecular weight excluding hydrogens is 282 g/mol. The molecule has 2 nitrogen and oxygen atoms in total. The van der Waals surface area contributed by atoms with E-state index in [-0.39, 0.29) is 0 Å². The third-order valence-electron chi connectivity index (χ3n) is 3.87. The summed E-state index contributed by atoms with van der Waals surface area (Å²) in [5.74, 6) is 0.997. The summed E-state index contributed by atoms with van der Waals surface area (Å²) in [7, 11) is 0. The Kier molecular flexibility index (Phi) is 3.04. The summed E-state index contributed by atoms with van der Waals surface area (Å²) >= 11 is 6.39. The van der Waals surface area contributed by atoms with E-state index in [2.05, 4.69) is 12.1 Å². The van der Waals surface area contributed by atoms with Gasteiger partial charge in [0.25, 0.3) is 0 Å². The van der Waals surface area contributed by atoms with Crippen molar-refractivity contribution in [3.05, 3.63) is 59.1 Å². The second-order valence-electron chi connectivity index (χ2n) is 5.28. The number of para-hydroxylation sites is 1. The van der Waals surface area contributed by atoms with E-state index < -0.39 is 0 Å². The summed E-state index contributed by atoms with van der Waals surface area (Å²) in [6, 6.07) is 16.1. The number of ether oxygens (including phenoxy) is 1.